The summed E-state index contributed by atoms with van der Waals surface area (Å²) < 4.78 is 0. The zero-order chi connectivity index (χ0) is 14.7. The number of carbonyl (C=O) groups is 1. The van der Waals surface area contributed by atoms with Gasteiger partial charge in [-0.15, -0.1) is 0 Å². The molecular weight excluding hydrogens is 246 g/mol. The molecule has 1 amide bonds. The highest BCUT2D eigenvalue weighted by Gasteiger charge is 2.14. The summed E-state index contributed by atoms with van der Waals surface area (Å²) in [5.74, 6) is -0.0180. The van der Waals surface area contributed by atoms with Crippen LogP contribution in [0, 0.1) is 20.8 Å². The van der Waals surface area contributed by atoms with Gasteiger partial charge in [0.25, 0.3) is 5.91 Å². The molecule has 1 atom stereocenters. The van der Waals surface area contributed by atoms with Crippen molar-refractivity contribution >= 4 is 5.91 Å². The molecule has 2 aromatic carbocycles. The maximum atomic E-state index is 12.3. The van der Waals surface area contributed by atoms with Gasteiger partial charge in [0.2, 0.25) is 0 Å². The van der Waals surface area contributed by atoms with Gasteiger partial charge in [0, 0.05) is 5.56 Å². The molecule has 20 heavy (non-hydrogen) atoms. The summed E-state index contributed by atoms with van der Waals surface area (Å²) in [6.07, 6.45) is 0. The standard InChI is InChI=1S/C18H21NO/c1-12-9-10-16(14(3)11-12)15(4)19-18(20)17-8-6-5-7-13(17)2/h5-11,15H,1-4H3,(H,19,20)/t15-/m1/s1. The molecule has 0 heterocycles. The van der Waals surface area contributed by atoms with Gasteiger partial charge < -0.3 is 5.32 Å². The van der Waals surface area contributed by atoms with E-state index in [-0.39, 0.29) is 11.9 Å². The Morgan fingerprint density at radius 3 is 2.35 bits per heavy atom. The molecule has 1 N–H and O–H groups in total. The van der Waals surface area contributed by atoms with Gasteiger partial charge >= 0.3 is 0 Å². The molecule has 0 bridgehead atoms. The predicted molar refractivity (Wildman–Crippen MR) is 83.0 cm³/mol. The first-order valence-corrected chi connectivity index (χ1v) is 6.92. The van der Waals surface area contributed by atoms with Crippen LogP contribution in [0.2, 0.25) is 0 Å². The molecule has 0 unspecified atom stereocenters. The van der Waals surface area contributed by atoms with Gasteiger partial charge in [0.05, 0.1) is 6.04 Å². The monoisotopic (exact) mass is 267 g/mol. The maximum Gasteiger partial charge on any atom is 0.252 e. The van der Waals surface area contributed by atoms with Crippen LogP contribution in [-0.2, 0) is 0 Å². The Labute approximate surface area is 120 Å². The minimum Gasteiger partial charge on any atom is -0.346 e. The van der Waals surface area contributed by atoms with Crippen LogP contribution >= 0.6 is 0 Å². The van der Waals surface area contributed by atoms with Crippen molar-refractivity contribution in [2.75, 3.05) is 0 Å². The molecule has 2 heteroatoms. The van der Waals surface area contributed by atoms with Crippen molar-refractivity contribution < 1.29 is 4.79 Å². The van der Waals surface area contributed by atoms with Gasteiger partial charge in [-0.3, -0.25) is 4.79 Å². The topological polar surface area (TPSA) is 29.1 Å². The number of carbonyl (C=O) groups excluding carboxylic acids is 1. The summed E-state index contributed by atoms with van der Waals surface area (Å²) in [5.41, 5.74) is 5.35. The number of hydrogen-bond donors (Lipinski definition) is 1. The number of benzene rings is 2. The third-order valence-corrected chi connectivity index (χ3v) is 3.63. The second-order valence-electron chi connectivity index (χ2n) is 5.37. The average Bonchev–Trinajstić information content (AvgIpc) is 2.38. The van der Waals surface area contributed by atoms with E-state index in [1.54, 1.807) is 0 Å². The van der Waals surface area contributed by atoms with Gasteiger partial charge in [-0.25, -0.2) is 0 Å². The highest BCUT2D eigenvalue weighted by atomic mass is 16.1. The number of nitrogens with one attached hydrogen (secondary N) is 1. The van der Waals surface area contributed by atoms with E-state index >= 15 is 0 Å². The Hall–Kier alpha value is -2.09. The fourth-order valence-electron chi connectivity index (χ4n) is 2.49. The quantitative estimate of drug-likeness (QED) is 0.891. The highest BCUT2D eigenvalue weighted by molar-refractivity contribution is 5.95. The van der Waals surface area contributed by atoms with Crippen LogP contribution in [0.25, 0.3) is 0 Å². The van der Waals surface area contributed by atoms with Crippen molar-refractivity contribution in [1.82, 2.24) is 5.32 Å². The lowest BCUT2D eigenvalue weighted by Crippen LogP contribution is -2.27. The van der Waals surface area contributed by atoms with Crippen LogP contribution in [-0.4, -0.2) is 5.91 Å². The molecule has 0 aliphatic heterocycles. The van der Waals surface area contributed by atoms with Crippen molar-refractivity contribution in [2.24, 2.45) is 0 Å². The predicted octanol–water partition coefficient (Wildman–Crippen LogP) is 4.10. The zero-order valence-corrected chi connectivity index (χ0v) is 12.5. The average molecular weight is 267 g/mol. The van der Waals surface area contributed by atoms with E-state index in [4.69, 9.17) is 0 Å². The third-order valence-electron chi connectivity index (χ3n) is 3.63. The number of amides is 1. The first kappa shape index (κ1) is 14.3. The number of aryl methyl sites for hydroxylation is 3. The molecule has 0 aliphatic carbocycles. The highest BCUT2D eigenvalue weighted by Crippen LogP contribution is 2.19. The molecular formula is C18H21NO. The van der Waals surface area contributed by atoms with E-state index in [9.17, 15) is 4.79 Å². The van der Waals surface area contributed by atoms with Crippen LogP contribution < -0.4 is 5.32 Å². The van der Waals surface area contributed by atoms with Gasteiger partial charge in [-0.2, -0.15) is 0 Å². The summed E-state index contributed by atoms with van der Waals surface area (Å²) in [4.78, 5) is 12.3. The van der Waals surface area contributed by atoms with Crippen molar-refractivity contribution in [3.63, 3.8) is 0 Å². The lowest BCUT2D eigenvalue weighted by Gasteiger charge is -2.17. The lowest BCUT2D eigenvalue weighted by atomic mass is 9.99. The fraction of sp³-hybridized carbons (Fsp3) is 0.278. The minimum atomic E-state index is -0.0180. The molecule has 0 saturated carbocycles. The van der Waals surface area contributed by atoms with Crippen molar-refractivity contribution in [3.8, 4) is 0 Å². The van der Waals surface area contributed by atoms with Gasteiger partial charge in [-0.05, 0) is 50.5 Å². The first-order chi connectivity index (χ1) is 9.49. The van der Waals surface area contributed by atoms with E-state index in [2.05, 4.69) is 37.4 Å². The second-order valence-corrected chi connectivity index (χ2v) is 5.37. The van der Waals surface area contributed by atoms with E-state index in [0.717, 1.165) is 16.7 Å². The van der Waals surface area contributed by atoms with Gasteiger partial charge in [0.15, 0.2) is 0 Å². The Bertz CT molecular complexity index is 631. The lowest BCUT2D eigenvalue weighted by molar-refractivity contribution is 0.0939. The Morgan fingerprint density at radius 2 is 1.70 bits per heavy atom. The van der Waals surface area contributed by atoms with E-state index in [1.165, 1.54) is 11.1 Å². The van der Waals surface area contributed by atoms with Crippen LogP contribution in [0.4, 0.5) is 0 Å². The number of rotatable bonds is 3. The zero-order valence-electron chi connectivity index (χ0n) is 12.5. The largest absolute Gasteiger partial charge is 0.346 e. The normalized spacial score (nSPS) is 12.0. The molecule has 0 aliphatic rings. The summed E-state index contributed by atoms with van der Waals surface area (Å²) in [6, 6.07) is 14.0. The molecule has 0 spiro atoms. The summed E-state index contributed by atoms with van der Waals surface area (Å²) in [5, 5.41) is 3.07. The summed E-state index contributed by atoms with van der Waals surface area (Å²) in [6.45, 7) is 8.14. The molecule has 104 valence electrons. The Morgan fingerprint density at radius 1 is 1.00 bits per heavy atom. The van der Waals surface area contributed by atoms with Crippen molar-refractivity contribution in [1.29, 1.82) is 0 Å². The summed E-state index contributed by atoms with van der Waals surface area (Å²) in [7, 11) is 0. The minimum absolute atomic E-state index is 0.00251. The smallest absolute Gasteiger partial charge is 0.252 e. The van der Waals surface area contributed by atoms with E-state index in [0.29, 0.717) is 0 Å². The van der Waals surface area contributed by atoms with E-state index < -0.39 is 0 Å². The van der Waals surface area contributed by atoms with Crippen LogP contribution in [0.5, 0.6) is 0 Å². The Balaban J connectivity index is 2.17. The first-order valence-electron chi connectivity index (χ1n) is 6.92. The molecule has 0 aromatic heterocycles. The fourth-order valence-corrected chi connectivity index (χ4v) is 2.49. The van der Waals surface area contributed by atoms with Crippen molar-refractivity contribution in [2.45, 2.75) is 33.7 Å². The van der Waals surface area contributed by atoms with Crippen LogP contribution in [0.15, 0.2) is 42.5 Å². The molecule has 0 saturated heterocycles. The van der Waals surface area contributed by atoms with Gasteiger partial charge in [-0.1, -0.05) is 42.0 Å². The van der Waals surface area contributed by atoms with Crippen LogP contribution in [0.3, 0.4) is 0 Å². The third kappa shape index (κ3) is 3.08. The van der Waals surface area contributed by atoms with Crippen LogP contribution in [0.1, 0.15) is 45.6 Å². The van der Waals surface area contributed by atoms with Gasteiger partial charge in [0.1, 0.15) is 0 Å². The Kier molecular flexibility index (Phi) is 4.23. The molecule has 2 aromatic rings. The van der Waals surface area contributed by atoms with E-state index in [1.807, 2.05) is 38.1 Å². The SMILES string of the molecule is Cc1ccc([C@@H](C)NC(=O)c2ccccc2C)c(C)c1. The maximum absolute atomic E-state index is 12.3. The summed E-state index contributed by atoms with van der Waals surface area (Å²) >= 11 is 0. The van der Waals surface area contributed by atoms with Crippen molar-refractivity contribution in [3.05, 3.63) is 70.3 Å². The number of hydrogen-bond acceptors (Lipinski definition) is 1. The molecule has 2 nitrogen and oxygen atoms in total. The molecule has 0 radical (unpaired) electrons. The second kappa shape index (κ2) is 5.91. The molecule has 0 fully saturated rings. The molecule has 2 rings (SSSR count).